The zero-order valence-corrected chi connectivity index (χ0v) is 16.6. The van der Waals surface area contributed by atoms with Crippen molar-refractivity contribution in [2.75, 3.05) is 5.43 Å². The van der Waals surface area contributed by atoms with Gasteiger partial charge in [0.15, 0.2) is 0 Å². The molecule has 2 N–H and O–H groups in total. The molecule has 6 heteroatoms. The Labute approximate surface area is 165 Å². The number of halogens is 1. The minimum atomic E-state index is -0.941. The van der Waals surface area contributed by atoms with Crippen LogP contribution in [0.15, 0.2) is 59.7 Å². The highest BCUT2D eigenvalue weighted by Gasteiger charge is 2.15. The normalized spacial score (nSPS) is 11.0. The number of benzene rings is 2. The first-order valence-corrected chi connectivity index (χ1v) is 9.11. The lowest BCUT2D eigenvalue weighted by molar-refractivity contribution is 0.0697. The number of rotatable bonds is 5. The van der Waals surface area contributed by atoms with Crippen LogP contribution in [0.3, 0.4) is 0 Å². The molecule has 0 aliphatic heterocycles. The van der Waals surface area contributed by atoms with E-state index in [1.807, 2.05) is 60.9 Å². The molecule has 1 aromatic heterocycles. The highest BCUT2D eigenvalue weighted by atomic mass is 127. The quantitative estimate of drug-likeness (QED) is 0.326. The molecule has 0 amide bonds. The Morgan fingerprint density at radius 1 is 1.15 bits per heavy atom. The maximum absolute atomic E-state index is 11.5. The standard InChI is InChI=1S/C20H18IN3O2/c1-13-11-15(12-22-23-17-9-7-16(21)8-10-17)14(2)24(13)19-6-4-3-5-18(19)20(25)26/h3-12,23H,1-2H3,(H,25,26)/b22-12+. The first-order valence-electron chi connectivity index (χ1n) is 8.03. The predicted octanol–water partition coefficient (Wildman–Crippen LogP) is 4.84. The van der Waals surface area contributed by atoms with Gasteiger partial charge >= 0.3 is 5.97 Å². The molecule has 0 saturated heterocycles. The number of hydrazone groups is 1. The second kappa shape index (κ2) is 7.74. The minimum absolute atomic E-state index is 0.273. The van der Waals surface area contributed by atoms with Crippen LogP contribution in [0.4, 0.5) is 5.69 Å². The number of hydrogen-bond donors (Lipinski definition) is 2. The molecule has 3 aromatic rings. The minimum Gasteiger partial charge on any atom is -0.478 e. The van der Waals surface area contributed by atoms with Crippen molar-refractivity contribution in [2.45, 2.75) is 13.8 Å². The van der Waals surface area contributed by atoms with Gasteiger partial charge in [-0.25, -0.2) is 4.79 Å². The third-order valence-corrected chi connectivity index (χ3v) is 4.81. The topological polar surface area (TPSA) is 66.6 Å². The van der Waals surface area contributed by atoms with E-state index in [1.165, 1.54) is 0 Å². The average molecular weight is 459 g/mol. The molecular formula is C20H18IN3O2. The summed E-state index contributed by atoms with van der Waals surface area (Å²) in [5, 5.41) is 13.8. The van der Waals surface area contributed by atoms with Crippen LogP contribution in [0.2, 0.25) is 0 Å². The molecule has 0 fully saturated rings. The van der Waals surface area contributed by atoms with Crippen LogP contribution >= 0.6 is 22.6 Å². The number of carboxylic acids is 1. The average Bonchev–Trinajstić information content (AvgIpc) is 2.90. The Morgan fingerprint density at radius 2 is 1.85 bits per heavy atom. The SMILES string of the molecule is Cc1cc(/C=N/Nc2ccc(I)cc2)c(C)n1-c1ccccc1C(=O)O. The van der Waals surface area contributed by atoms with Gasteiger partial charge in [0, 0.05) is 20.5 Å². The van der Waals surface area contributed by atoms with Crippen LogP contribution in [0.25, 0.3) is 5.69 Å². The van der Waals surface area contributed by atoms with Crippen molar-refractivity contribution in [3.63, 3.8) is 0 Å². The summed E-state index contributed by atoms with van der Waals surface area (Å²) < 4.78 is 3.10. The Hall–Kier alpha value is -2.61. The number of carboxylic acid groups (broad SMARTS) is 1. The first-order chi connectivity index (χ1) is 12.5. The molecule has 0 unspecified atom stereocenters. The van der Waals surface area contributed by atoms with E-state index >= 15 is 0 Å². The fourth-order valence-corrected chi connectivity index (χ4v) is 3.20. The Balaban J connectivity index is 1.90. The number of nitrogens with one attached hydrogen (secondary N) is 1. The Bertz CT molecular complexity index is 975. The summed E-state index contributed by atoms with van der Waals surface area (Å²) in [5.74, 6) is -0.941. The van der Waals surface area contributed by atoms with Crippen molar-refractivity contribution in [3.8, 4) is 5.69 Å². The molecule has 0 atom stereocenters. The fraction of sp³-hybridized carbons (Fsp3) is 0.100. The summed E-state index contributed by atoms with van der Waals surface area (Å²) in [5.41, 5.74) is 7.66. The molecule has 2 aromatic carbocycles. The van der Waals surface area contributed by atoms with Crippen LogP contribution < -0.4 is 5.43 Å². The monoisotopic (exact) mass is 459 g/mol. The number of aryl methyl sites for hydroxylation is 1. The Kier molecular flexibility index (Phi) is 5.41. The van der Waals surface area contributed by atoms with Crippen molar-refractivity contribution in [1.29, 1.82) is 0 Å². The molecule has 5 nitrogen and oxygen atoms in total. The maximum Gasteiger partial charge on any atom is 0.337 e. The smallest absolute Gasteiger partial charge is 0.337 e. The van der Waals surface area contributed by atoms with Crippen molar-refractivity contribution >= 4 is 40.5 Å². The summed E-state index contributed by atoms with van der Waals surface area (Å²) in [7, 11) is 0. The lowest BCUT2D eigenvalue weighted by atomic mass is 10.1. The van der Waals surface area contributed by atoms with Gasteiger partial charge in [0.1, 0.15) is 0 Å². The molecule has 3 rings (SSSR count). The number of hydrogen-bond acceptors (Lipinski definition) is 3. The predicted molar refractivity (Wildman–Crippen MR) is 113 cm³/mol. The van der Waals surface area contributed by atoms with Crippen molar-refractivity contribution in [3.05, 3.63) is 80.7 Å². The van der Waals surface area contributed by atoms with Gasteiger partial charge in [-0.2, -0.15) is 5.10 Å². The van der Waals surface area contributed by atoms with Gasteiger partial charge in [0.25, 0.3) is 0 Å². The van der Waals surface area contributed by atoms with Crippen LogP contribution in [0.5, 0.6) is 0 Å². The zero-order valence-electron chi connectivity index (χ0n) is 14.4. The number of nitrogens with zero attached hydrogens (tertiary/aromatic N) is 2. The maximum atomic E-state index is 11.5. The first kappa shape index (κ1) is 18.2. The van der Waals surface area contributed by atoms with E-state index in [2.05, 4.69) is 33.1 Å². The molecule has 1 heterocycles. The molecule has 0 aliphatic rings. The van der Waals surface area contributed by atoms with Crippen LogP contribution in [0.1, 0.15) is 27.3 Å². The highest BCUT2D eigenvalue weighted by Crippen LogP contribution is 2.23. The van der Waals surface area contributed by atoms with Crippen LogP contribution in [-0.4, -0.2) is 21.9 Å². The highest BCUT2D eigenvalue weighted by molar-refractivity contribution is 14.1. The van der Waals surface area contributed by atoms with Gasteiger partial charge in [0.2, 0.25) is 0 Å². The van der Waals surface area contributed by atoms with Gasteiger partial charge < -0.3 is 9.67 Å². The molecule has 0 bridgehead atoms. The largest absolute Gasteiger partial charge is 0.478 e. The van der Waals surface area contributed by atoms with E-state index in [1.54, 1.807) is 18.3 Å². The van der Waals surface area contributed by atoms with Crippen molar-refractivity contribution in [2.24, 2.45) is 5.10 Å². The molecule has 0 saturated carbocycles. The molecule has 0 radical (unpaired) electrons. The third-order valence-electron chi connectivity index (χ3n) is 4.09. The second-order valence-electron chi connectivity index (χ2n) is 5.86. The molecule has 26 heavy (non-hydrogen) atoms. The molecule has 0 aliphatic carbocycles. The zero-order chi connectivity index (χ0) is 18.7. The van der Waals surface area contributed by atoms with E-state index in [-0.39, 0.29) is 5.56 Å². The third kappa shape index (κ3) is 3.80. The number of anilines is 1. The summed E-state index contributed by atoms with van der Waals surface area (Å²) in [4.78, 5) is 11.5. The van der Waals surface area contributed by atoms with Crippen LogP contribution in [0, 0.1) is 17.4 Å². The van der Waals surface area contributed by atoms with E-state index in [4.69, 9.17) is 0 Å². The van der Waals surface area contributed by atoms with E-state index in [0.29, 0.717) is 5.69 Å². The van der Waals surface area contributed by atoms with E-state index < -0.39 is 5.97 Å². The molecule has 132 valence electrons. The fourth-order valence-electron chi connectivity index (χ4n) is 2.84. The van der Waals surface area contributed by atoms with Crippen molar-refractivity contribution < 1.29 is 9.90 Å². The number of para-hydroxylation sites is 1. The van der Waals surface area contributed by atoms with Gasteiger partial charge in [-0.1, -0.05) is 12.1 Å². The van der Waals surface area contributed by atoms with Crippen LogP contribution in [-0.2, 0) is 0 Å². The summed E-state index contributed by atoms with van der Waals surface area (Å²) in [6, 6.07) is 16.9. The molecule has 0 spiro atoms. The van der Waals surface area contributed by atoms with Gasteiger partial charge in [-0.3, -0.25) is 5.43 Å². The second-order valence-corrected chi connectivity index (χ2v) is 7.11. The lowest BCUT2D eigenvalue weighted by Gasteiger charge is -2.12. The summed E-state index contributed by atoms with van der Waals surface area (Å²) in [6.45, 7) is 3.91. The Morgan fingerprint density at radius 3 is 2.54 bits per heavy atom. The van der Waals surface area contributed by atoms with E-state index in [9.17, 15) is 9.90 Å². The summed E-state index contributed by atoms with van der Waals surface area (Å²) in [6.07, 6.45) is 1.75. The lowest BCUT2D eigenvalue weighted by Crippen LogP contribution is -2.07. The van der Waals surface area contributed by atoms with Gasteiger partial charge in [-0.15, -0.1) is 0 Å². The summed E-state index contributed by atoms with van der Waals surface area (Å²) >= 11 is 2.26. The number of carbonyl (C=O) groups is 1. The van der Waals surface area contributed by atoms with E-state index in [0.717, 1.165) is 26.2 Å². The number of aromatic nitrogens is 1. The number of aromatic carboxylic acids is 1. The van der Waals surface area contributed by atoms with Crippen molar-refractivity contribution in [1.82, 2.24) is 4.57 Å². The molecular weight excluding hydrogens is 441 g/mol. The van der Waals surface area contributed by atoms with Gasteiger partial charge in [0.05, 0.1) is 23.2 Å². The van der Waals surface area contributed by atoms with Gasteiger partial charge in [-0.05, 0) is 78.9 Å².